The third kappa shape index (κ3) is 9.57. The van der Waals surface area contributed by atoms with Crippen molar-refractivity contribution >= 4 is 28.8 Å². The number of ketones is 1. The fourth-order valence-electron chi connectivity index (χ4n) is 6.02. The first-order valence-electron chi connectivity index (χ1n) is 17.6. The van der Waals surface area contributed by atoms with Crippen LogP contribution in [0.15, 0.2) is 46.9 Å². The lowest BCUT2D eigenvalue weighted by Gasteiger charge is -2.19. The molecule has 1 heterocycles. The van der Waals surface area contributed by atoms with Gasteiger partial charge in [-0.2, -0.15) is 0 Å². The molecule has 0 saturated carbocycles. The highest BCUT2D eigenvalue weighted by atomic mass is 16.5. The van der Waals surface area contributed by atoms with Crippen molar-refractivity contribution in [2.75, 3.05) is 53.2 Å². The van der Waals surface area contributed by atoms with E-state index in [1.165, 1.54) is 11.6 Å². The molecule has 4 rings (SSSR count). The number of aryl methyl sites for hydroxylation is 3. The second kappa shape index (κ2) is 18.5. The number of hydrogen-bond donors (Lipinski definition) is 2. The Morgan fingerprint density at radius 1 is 0.860 bits per heavy atom. The molecule has 268 valence electrons. The van der Waals surface area contributed by atoms with Gasteiger partial charge in [0.15, 0.2) is 5.78 Å². The van der Waals surface area contributed by atoms with Crippen LogP contribution in [0.2, 0.25) is 0 Å². The van der Waals surface area contributed by atoms with Gasteiger partial charge in [-0.25, -0.2) is 14.2 Å². The van der Waals surface area contributed by atoms with Gasteiger partial charge in [0.25, 0.3) is 0 Å². The van der Waals surface area contributed by atoms with Crippen molar-refractivity contribution in [3.63, 3.8) is 0 Å². The average molecular weight is 688 g/mol. The molecule has 0 saturated heterocycles. The lowest BCUT2D eigenvalue weighted by molar-refractivity contribution is 0.0466. The molecule has 2 aromatic rings. The highest BCUT2D eigenvalue weighted by Crippen LogP contribution is 2.43. The van der Waals surface area contributed by atoms with Gasteiger partial charge in [-0.05, 0) is 87.1 Å². The Bertz CT molecular complexity index is 1860. The van der Waals surface area contributed by atoms with Gasteiger partial charge in [0.1, 0.15) is 24.9 Å². The van der Waals surface area contributed by atoms with Crippen LogP contribution in [0.3, 0.4) is 0 Å². The third-order valence-corrected chi connectivity index (χ3v) is 8.76. The van der Waals surface area contributed by atoms with Crippen molar-refractivity contribution in [1.29, 1.82) is 0 Å². The summed E-state index contributed by atoms with van der Waals surface area (Å²) in [7, 11) is 2.03. The van der Waals surface area contributed by atoms with Crippen LogP contribution in [0, 0.1) is 13.8 Å². The molecule has 0 bridgehead atoms. The number of fused-ring (bicyclic) bond motifs is 2. The Balaban J connectivity index is 1.57. The van der Waals surface area contributed by atoms with Gasteiger partial charge in [-0.3, -0.25) is 4.79 Å². The van der Waals surface area contributed by atoms with E-state index in [-0.39, 0.29) is 17.8 Å². The molecule has 0 spiro atoms. The molecule has 2 aliphatic rings. The van der Waals surface area contributed by atoms with Crippen molar-refractivity contribution in [1.82, 2.24) is 9.89 Å². The minimum Gasteiger partial charge on any atom is -0.478 e. The first-order valence-corrected chi connectivity index (χ1v) is 17.6. The first-order chi connectivity index (χ1) is 24.1. The van der Waals surface area contributed by atoms with Crippen LogP contribution < -0.4 is 15.2 Å². The molecular weight excluding hydrogens is 636 g/mol. The predicted octanol–water partition coefficient (Wildman–Crippen LogP) is 7.03. The van der Waals surface area contributed by atoms with E-state index in [0.717, 1.165) is 58.8 Å². The maximum Gasteiger partial charge on any atom is 0.407 e. The van der Waals surface area contributed by atoms with E-state index >= 15 is 0 Å². The van der Waals surface area contributed by atoms with E-state index < -0.39 is 12.1 Å². The summed E-state index contributed by atoms with van der Waals surface area (Å²) in [6.07, 6.45) is 2.94. The third-order valence-electron chi connectivity index (χ3n) is 8.76. The molecule has 1 aliphatic heterocycles. The number of alkyl carbamates (subject to hydrolysis) is 1. The Morgan fingerprint density at radius 3 is 2.32 bits per heavy atom. The summed E-state index contributed by atoms with van der Waals surface area (Å²) >= 11 is 0. The maximum atomic E-state index is 13.4. The number of carbonyl (C=O) groups excluding carboxylic acids is 2. The lowest BCUT2D eigenvalue weighted by atomic mass is 9.87. The van der Waals surface area contributed by atoms with Crippen LogP contribution >= 0.6 is 0 Å². The maximum absolute atomic E-state index is 13.4. The molecule has 0 radical (unpaired) electrons. The number of ether oxygens (including phenoxy) is 3. The molecule has 1 aliphatic carbocycles. The zero-order valence-corrected chi connectivity index (χ0v) is 30.3. The Kier molecular flexibility index (Phi) is 14.1. The van der Waals surface area contributed by atoms with Crippen molar-refractivity contribution in [3.05, 3.63) is 75.6 Å². The summed E-state index contributed by atoms with van der Waals surface area (Å²) in [5, 5.41) is 14.8. The molecule has 2 N–H and O–H groups in total. The van der Waals surface area contributed by atoms with Gasteiger partial charge in [0.2, 0.25) is 5.36 Å². The molecule has 0 unspecified atom stereocenters. The van der Waals surface area contributed by atoms with E-state index in [1.807, 2.05) is 27.0 Å². The molecular formula is C40H51N2O8+. The topological polar surface area (TPSA) is 127 Å². The Morgan fingerprint density at radius 2 is 1.62 bits per heavy atom. The molecule has 10 heteroatoms. The van der Waals surface area contributed by atoms with Gasteiger partial charge in [-0.15, -0.1) is 0 Å². The first kappa shape index (κ1) is 38.3. The lowest BCUT2D eigenvalue weighted by Crippen LogP contribution is -2.28. The molecule has 1 amide bonds. The smallest absolute Gasteiger partial charge is 0.407 e. The summed E-state index contributed by atoms with van der Waals surface area (Å²) in [5.74, 6) is -0.510. The van der Waals surface area contributed by atoms with E-state index in [0.29, 0.717) is 68.5 Å². The SMILES string of the molecule is CCCOC(=O)NCCOCCOCCCC(=O)c1ccc(C(=O)O)c(-c2c3cc(C)c(=[N+](C)CC)cc-3oc3cc(CCC)c(C)cc23)c1. The van der Waals surface area contributed by atoms with E-state index in [4.69, 9.17) is 18.6 Å². The number of carboxylic acid groups (broad SMARTS) is 1. The fraction of sp³-hybridized carbons (Fsp3) is 0.450. The van der Waals surface area contributed by atoms with Gasteiger partial charge in [-0.1, -0.05) is 26.3 Å². The number of Topliss-reactive ketones (excluding diaryl/α,β-unsaturated/α-hetero) is 1. The molecule has 2 aromatic carbocycles. The Labute approximate surface area is 294 Å². The minimum absolute atomic E-state index is 0.0947. The molecule has 0 atom stereocenters. The standard InChI is InChI=1S/C40H50N2O8/c1-7-11-28-24-36-32(21-26(28)4)38(33-22-27(5)34(42(6)9-3)25-37(33)50-36)31-23-29(13-14-30(31)39(44)45)35(43)12-10-17-47-19-20-48-18-15-41-40(46)49-16-8-2/h13-14,21-25H,7-12,15-20H2,1-6H3,(H-,41,44,45,46)/p+1. The predicted molar refractivity (Wildman–Crippen MR) is 195 cm³/mol. The van der Waals surface area contributed by atoms with Crippen LogP contribution in [0.5, 0.6) is 0 Å². The van der Waals surface area contributed by atoms with Crippen molar-refractivity contribution in [2.24, 2.45) is 0 Å². The van der Waals surface area contributed by atoms with Crippen LogP contribution in [0.25, 0.3) is 33.4 Å². The Hall–Kier alpha value is -4.54. The molecule has 0 aromatic heterocycles. The van der Waals surface area contributed by atoms with E-state index in [1.54, 1.807) is 12.1 Å². The number of amides is 1. The monoisotopic (exact) mass is 687 g/mol. The summed E-state index contributed by atoms with van der Waals surface area (Å²) in [4.78, 5) is 37.5. The van der Waals surface area contributed by atoms with Crippen LogP contribution in [0.4, 0.5) is 4.79 Å². The normalized spacial score (nSPS) is 12.0. The highest BCUT2D eigenvalue weighted by molar-refractivity contribution is 6.09. The van der Waals surface area contributed by atoms with Gasteiger partial charge < -0.3 is 29.1 Å². The largest absolute Gasteiger partial charge is 0.478 e. The van der Waals surface area contributed by atoms with Gasteiger partial charge in [0.05, 0.1) is 38.1 Å². The molecule has 0 fully saturated rings. The molecule has 50 heavy (non-hydrogen) atoms. The average Bonchev–Trinajstić information content (AvgIpc) is 3.10. The number of nitrogens with one attached hydrogen (secondary N) is 1. The number of hydrogen-bond acceptors (Lipinski definition) is 7. The summed E-state index contributed by atoms with van der Waals surface area (Å²) < 4.78 is 24.8. The van der Waals surface area contributed by atoms with Gasteiger partial charge >= 0.3 is 12.1 Å². The van der Waals surface area contributed by atoms with E-state index in [2.05, 4.69) is 48.9 Å². The minimum atomic E-state index is -1.07. The summed E-state index contributed by atoms with van der Waals surface area (Å²) in [6.45, 7) is 13.3. The number of nitrogens with zero attached hydrogens (tertiary/aromatic N) is 1. The molecule has 10 nitrogen and oxygen atoms in total. The fourth-order valence-corrected chi connectivity index (χ4v) is 6.02. The quantitative estimate of drug-likeness (QED) is 0.0494. The zero-order valence-electron chi connectivity index (χ0n) is 30.3. The zero-order chi connectivity index (χ0) is 36.2. The second-order valence-corrected chi connectivity index (χ2v) is 12.5. The number of benzene rings is 3. The summed E-state index contributed by atoms with van der Waals surface area (Å²) in [6, 6.07) is 13.1. The van der Waals surface area contributed by atoms with Crippen LogP contribution in [-0.2, 0) is 20.6 Å². The summed E-state index contributed by atoms with van der Waals surface area (Å²) in [5.41, 5.74) is 6.58. The second-order valence-electron chi connectivity index (χ2n) is 12.5. The van der Waals surface area contributed by atoms with Crippen molar-refractivity contribution in [3.8, 4) is 22.5 Å². The van der Waals surface area contributed by atoms with Crippen molar-refractivity contribution < 1.29 is 38.1 Å². The number of carbonyl (C=O) groups is 3. The number of carboxylic acids is 1. The van der Waals surface area contributed by atoms with Crippen LogP contribution in [0.1, 0.15) is 83.9 Å². The van der Waals surface area contributed by atoms with Gasteiger partial charge in [0, 0.05) is 47.2 Å². The highest BCUT2D eigenvalue weighted by Gasteiger charge is 2.25. The van der Waals surface area contributed by atoms with Crippen molar-refractivity contribution in [2.45, 2.75) is 66.7 Å². The number of rotatable bonds is 18. The number of aromatic carboxylic acids is 1. The van der Waals surface area contributed by atoms with E-state index in [9.17, 15) is 19.5 Å². The van der Waals surface area contributed by atoms with Crippen LogP contribution in [-0.4, -0.2) is 76.1 Å².